The van der Waals surface area contributed by atoms with E-state index >= 15 is 0 Å². The van der Waals surface area contributed by atoms with Crippen LogP contribution in [-0.4, -0.2) is 55.5 Å². The van der Waals surface area contributed by atoms with Crippen molar-refractivity contribution >= 4 is 44.9 Å². The van der Waals surface area contributed by atoms with Gasteiger partial charge in [0, 0.05) is 0 Å². The average Bonchev–Trinajstić information content (AvgIpc) is 3.22. The molecule has 1 aromatic carbocycles. The maximum atomic E-state index is 13.0. The number of para-hydroxylation sites is 1. The van der Waals surface area contributed by atoms with Crippen molar-refractivity contribution in [3.8, 4) is 17.7 Å². The number of esters is 1. The van der Waals surface area contributed by atoms with Gasteiger partial charge in [-0.3, -0.25) is 4.72 Å². The Morgan fingerprint density at radius 2 is 1.65 bits per heavy atom. The first kappa shape index (κ1) is 22.6. The van der Waals surface area contributed by atoms with Crippen LogP contribution in [0.2, 0.25) is 10.0 Å². The number of methoxy groups -OCH3 is 3. The van der Waals surface area contributed by atoms with E-state index in [-0.39, 0.29) is 39.0 Å². The van der Waals surface area contributed by atoms with E-state index in [1.54, 1.807) is 6.07 Å². The van der Waals surface area contributed by atoms with Gasteiger partial charge in [0.1, 0.15) is 5.56 Å². The molecule has 3 aromatic rings. The maximum Gasteiger partial charge on any atom is 0.342 e. The third-order valence-electron chi connectivity index (χ3n) is 3.83. The average molecular weight is 488 g/mol. The Kier molecular flexibility index (Phi) is 6.53. The molecule has 0 spiro atoms. The molecule has 1 N–H and O–H groups in total. The van der Waals surface area contributed by atoms with Gasteiger partial charge in [0.15, 0.2) is 0 Å². The number of hydrogen-bond donors (Lipinski definition) is 1. The molecule has 11 nitrogen and oxygen atoms in total. The molecule has 0 aliphatic rings. The lowest BCUT2D eigenvalue weighted by atomic mass is 10.3. The van der Waals surface area contributed by atoms with Gasteiger partial charge in [0.05, 0.1) is 49.3 Å². The van der Waals surface area contributed by atoms with Crippen molar-refractivity contribution in [2.24, 2.45) is 0 Å². The van der Waals surface area contributed by atoms with E-state index in [1.807, 2.05) is 0 Å². The molecule has 0 saturated carbocycles. The van der Waals surface area contributed by atoms with Crippen molar-refractivity contribution in [1.29, 1.82) is 0 Å². The van der Waals surface area contributed by atoms with Crippen molar-refractivity contribution in [2.75, 3.05) is 26.1 Å². The lowest BCUT2D eigenvalue weighted by molar-refractivity contribution is 0.0596. The minimum atomic E-state index is -4.43. The highest BCUT2D eigenvalue weighted by atomic mass is 35.5. The number of ether oxygens (including phenoxy) is 3. The minimum Gasteiger partial charge on any atom is -0.481 e. The smallest absolute Gasteiger partial charge is 0.342 e. The summed E-state index contributed by atoms with van der Waals surface area (Å²) in [6.45, 7) is 0. The SMILES string of the molecule is COC(=O)c1cn(-c2nc(OC)cc(OC)n2)nc1S(=O)(=O)Nc1c(Cl)cccc1Cl. The fourth-order valence-electron chi connectivity index (χ4n) is 2.39. The third-order valence-corrected chi connectivity index (χ3v) is 5.74. The standard InChI is InChI=1S/C17H15Cl2N5O6S/c1-28-12-7-13(29-2)21-17(20-12)24-8-9(16(25)30-3)15(22-24)31(26,27)23-14-10(18)5-4-6-11(14)19/h4-8,23H,1-3H3. The Morgan fingerprint density at radius 1 is 1.06 bits per heavy atom. The molecule has 0 amide bonds. The van der Waals surface area contributed by atoms with Gasteiger partial charge >= 0.3 is 5.97 Å². The molecule has 0 atom stereocenters. The molecule has 0 unspecified atom stereocenters. The van der Waals surface area contributed by atoms with E-state index in [9.17, 15) is 13.2 Å². The Labute approximate surface area is 186 Å². The Morgan fingerprint density at radius 3 is 2.16 bits per heavy atom. The van der Waals surface area contributed by atoms with Crippen LogP contribution in [0.5, 0.6) is 11.8 Å². The molecule has 0 fully saturated rings. The second-order valence-electron chi connectivity index (χ2n) is 5.74. The van der Waals surface area contributed by atoms with Crippen LogP contribution in [0, 0.1) is 0 Å². The van der Waals surface area contributed by atoms with Crippen LogP contribution in [0.4, 0.5) is 5.69 Å². The number of nitrogens with one attached hydrogen (secondary N) is 1. The van der Waals surface area contributed by atoms with E-state index in [0.717, 1.165) is 18.0 Å². The molecular formula is C17H15Cl2N5O6S. The van der Waals surface area contributed by atoms with E-state index in [4.69, 9.17) is 32.7 Å². The van der Waals surface area contributed by atoms with Crippen LogP contribution < -0.4 is 14.2 Å². The number of carbonyl (C=O) groups is 1. The number of hydrogen-bond acceptors (Lipinski definition) is 9. The highest BCUT2D eigenvalue weighted by Crippen LogP contribution is 2.32. The summed E-state index contributed by atoms with van der Waals surface area (Å²) in [6, 6.07) is 5.85. The number of nitrogens with zero attached hydrogens (tertiary/aromatic N) is 4. The van der Waals surface area contributed by atoms with Gasteiger partial charge in [0.25, 0.3) is 16.0 Å². The van der Waals surface area contributed by atoms with Crippen LogP contribution >= 0.6 is 23.2 Å². The number of aromatic nitrogens is 4. The quantitative estimate of drug-likeness (QED) is 0.498. The summed E-state index contributed by atoms with van der Waals surface area (Å²) in [7, 11) is -0.582. The van der Waals surface area contributed by atoms with Gasteiger partial charge in [-0.15, -0.1) is 0 Å². The van der Waals surface area contributed by atoms with E-state index < -0.39 is 21.0 Å². The lowest BCUT2D eigenvalue weighted by Crippen LogP contribution is -2.18. The molecule has 0 radical (unpaired) electrons. The zero-order valence-electron chi connectivity index (χ0n) is 16.3. The van der Waals surface area contributed by atoms with Crippen molar-refractivity contribution in [2.45, 2.75) is 5.03 Å². The zero-order chi connectivity index (χ0) is 22.8. The summed E-state index contributed by atoms with van der Waals surface area (Å²) in [4.78, 5) is 20.4. The second kappa shape index (κ2) is 8.96. The number of carbonyl (C=O) groups excluding carboxylic acids is 1. The predicted molar refractivity (Wildman–Crippen MR) is 111 cm³/mol. The summed E-state index contributed by atoms with van der Waals surface area (Å²) in [5.41, 5.74) is -0.445. The van der Waals surface area contributed by atoms with Gasteiger partial charge in [-0.05, 0) is 12.1 Å². The molecule has 0 bridgehead atoms. The van der Waals surface area contributed by atoms with Crippen LogP contribution in [0.1, 0.15) is 10.4 Å². The number of anilines is 1. The minimum absolute atomic E-state index is 0.0518. The number of rotatable bonds is 7. The molecule has 2 heterocycles. The first-order valence-electron chi connectivity index (χ1n) is 8.32. The second-order valence-corrected chi connectivity index (χ2v) is 8.15. The molecular weight excluding hydrogens is 473 g/mol. The number of sulfonamides is 1. The Hall–Kier alpha value is -3.09. The predicted octanol–water partition coefficient (Wildman–Crippen LogP) is 2.57. The highest BCUT2D eigenvalue weighted by Gasteiger charge is 2.30. The topological polar surface area (TPSA) is 135 Å². The summed E-state index contributed by atoms with van der Waals surface area (Å²) >= 11 is 12.1. The Balaban J connectivity index is 2.15. The summed E-state index contributed by atoms with van der Waals surface area (Å²) < 4.78 is 44.1. The molecule has 164 valence electrons. The van der Waals surface area contributed by atoms with Crippen LogP contribution in [-0.2, 0) is 14.8 Å². The van der Waals surface area contributed by atoms with Crippen molar-refractivity contribution in [3.63, 3.8) is 0 Å². The molecule has 14 heteroatoms. The van der Waals surface area contributed by atoms with Gasteiger partial charge in [-0.1, -0.05) is 29.3 Å². The van der Waals surface area contributed by atoms with Crippen molar-refractivity contribution < 1.29 is 27.4 Å². The molecule has 0 aliphatic carbocycles. The molecule has 31 heavy (non-hydrogen) atoms. The Bertz CT molecular complexity index is 1210. The van der Waals surface area contributed by atoms with Crippen LogP contribution in [0.3, 0.4) is 0 Å². The lowest BCUT2D eigenvalue weighted by Gasteiger charge is -2.10. The van der Waals surface area contributed by atoms with Crippen molar-refractivity contribution in [1.82, 2.24) is 19.7 Å². The van der Waals surface area contributed by atoms with Crippen LogP contribution in [0.15, 0.2) is 35.5 Å². The fourth-order valence-corrected chi connectivity index (χ4v) is 4.20. The molecule has 0 saturated heterocycles. The van der Waals surface area contributed by atoms with E-state index in [2.05, 4.69) is 24.5 Å². The molecule has 2 aromatic heterocycles. The largest absolute Gasteiger partial charge is 0.481 e. The first-order chi connectivity index (χ1) is 14.7. The summed E-state index contributed by atoms with van der Waals surface area (Å²) in [5, 5.41) is 3.42. The van der Waals surface area contributed by atoms with Gasteiger partial charge < -0.3 is 14.2 Å². The zero-order valence-corrected chi connectivity index (χ0v) is 18.6. The highest BCUT2D eigenvalue weighted by molar-refractivity contribution is 7.92. The van der Waals surface area contributed by atoms with Crippen molar-refractivity contribution in [3.05, 3.63) is 46.1 Å². The van der Waals surface area contributed by atoms with Gasteiger partial charge in [0.2, 0.25) is 16.8 Å². The molecule has 3 rings (SSSR count). The van der Waals surface area contributed by atoms with Crippen LogP contribution in [0.25, 0.3) is 5.95 Å². The summed E-state index contributed by atoms with van der Waals surface area (Å²) in [6.07, 6.45) is 1.10. The fraction of sp³-hybridized carbons (Fsp3) is 0.176. The van der Waals surface area contributed by atoms with E-state index in [1.165, 1.54) is 32.4 Å². The maximum absolute atomic E-state index is 13.0. The van der Waals surface area contributed by atoms with E-state index in [0.29, 0.717) is 0 Å². The first-order valence-corrected chi connectivity index (χ1v) is 10.6. The summed E-state index contributed by atoms with van der Waals surface area (Å²) in [5.74, 6) is -0.810. The third kappa shape index (κ3) is 4.65. The normalized spacial score (nSPS) is 11.1. The molecule has 0 aliphatic heterocycles. The van der Waals surface area contributed by atoms with Gasteiger partial charge in [-0.25, -0.2) is 9.48 Å². The monoisotopic (exact) mass is 487 g/mol. The number of halogens is 2. The van der Waals surface area contributed by atoms with Gasteiger partial charge in [-0.2, -0.15) is 23.5 Å². The number of benzene rings is 1.